The third kappa shape index (κ3) is 4.82. The Hall–Kier alpha value is -5.57. The minimum absolute atomic E-state index is 0.0348. The number of hydrogen-bond acceptors (Lipinski definition) is 8. The highest BCUT2D eigenvalue weighted by Gasteiger charge is 2.21. The van der Waals surface area contributed by atoms with Gasteiger partial charge in [-0.2, -0.15) is 20.1 Å². The standard InChI is InChI=1S/C25H19N7O5/c1-16-20(14-26)25(34)31(21-7-3-4-8-22(21)37-2)29-23(16)24(33)28-27-15-19-6-5-13-30(19)17-9-11-18(12-10-17)32(35)36/h3-13,15H,1-2H3,(H,28,33)/b27-15-. The molecule has 12 nitrogen and oxygen atoms in total. The van der Waals surface area contributed by atoms with Crippen LogP contribution in [0.4, 0.5) is 5.69 Å². The molecule has 12 heteroatoms. The number of non-ortho nitro benzene ring substituents is 1. The summed E-state index contributed by atoms with van der Waals surface area (Å²) in [6.07, 6.45) is 3.12. The molecule has 4 aromatic rings. The minimum Gasteiger partial charge on any atom is -0.494 e. The molecule has 0 aliphatic carbocycles. The van der Waals surface area contributed by atoms with E-state index in [-0.39, 0.29) is 28.2 Å². The maximum absolute atomic E-state index is 13.0. The molecule has 0 fully saturated rings. The fraction of sp³-hybridized carbons (Fsp3) is 0.0800. The van der Waals surface area contributed by atoms with E-state index in [1.807, 2.05) is 6.07 Å². The third-order valence-electron chi connectivity index (χ3n) is 5.46. The summed E-state index contributed by atoms with van der Waals surface area (Å²) < 4.78 is 7.96. The van der Waals surface area contributed by atoms with E-state index >= 15 is 0 Å². The monoisotopic (exact) mass is 497 g/mol. The summed E-state index contributed by atoms with van der Waals surface area (Å²) >= 11 is 0. The van der Waals surface area contributed by atoms with E-state index in [4.69, 9.17) is 4.74 Å². The smallest absolute Gasteiger partial charge is 0.292 e. The van der Waals surface area contributed by atoms with Gasteiger partial charge in [-0.25, -0.2) is 5.43 Å². The summed E-state index contributed by atoms with van der Waals surface area (Å²) in [7, 11) is 1.43. The molecule has 37 heavy (non-hydrogen) atoms. The number of hydrogen-bond donors (Lipinski definition) is 1. The molecule has 0 atom stereocenters. The molecule has 0 spiro atoms. The fourth-order valence-corrected chi connectivity index (χ4v) is 3.60. The summed E-state index contributed by atoms with van der Waals surface area (Å²) in [6.45, 7) is 1.46. The second-order valence-electron chi connectivity index (χ2n) is 7.62. The summed E-state index contributed by atoms with van der Waals surface area (Å²) in [5, 5.41) is 28.6. The number of aromatic nitrogens is 3. The average molecular weight is 497 g/mol. The van der Waals surface area contributed by atoms with Crippen LogP contribution in [-0.2, 0) is 0 Å². The Labute approximate surface area is 209 Å². The molecule has 2 aromatic heterocycles. The van der Waals surface area contributed by atoms with Crippen LogP contribution >= 0.6 is 0 Å². The predicted octanol–water partition coefficient (Wildman–Crippen LogP) is 2.88. The van der Waals surface area contributed by atoms with Crippen molar-refractivity contribution in [2.45, 2.75) is 6.92 Å². The van der Waals surface area contributed by atoms with Gasteiger partial charge >= 0.3 is 0 Å². The van der Waals surface area contributed by atoms with E-state index in [2.05, 4.69) is 15.6 Å². The van der Waals surface area contributed by atoms with Gasteiger partial charge in [0.2, 0.25) is 0 Å². The number of rotatable bonds is 7. The summed E-state index contributed by atoms with van der Waals surface area (Å²) in [5.41, 5.74) is 2.86. The zero-order chi connectivity index (χ0) is 26.5. The van der Waals surface area contributed by atoms with E-state index in [1.165, 1.54) is 32.4 Å². The summed E-state index contributed by atoms with van der Waals surface area (Å²) in [4.78, 5) is 36.2. The van der Waals surface area contributed by atoms with Gasteiger partial charge in [0.15, 0.2) is 5.69 Å². The zero-order valence-electron chi connectivity index (χ0n) is 19.7. The molecule has 184 valence electrons. The first-order valence-corrected chi connectivity index (χ1v) is 10.8. The summed E-state index contributed by atoms with van der Waals surface area (Å²) in [5.74, 6) is -0.399. The molecule has 0 saturated carbocycles. The van der Waals surface area contributed by atoms with Gasteiger partial charge in [-0.15, -0.1) is 0 Å². The molecule has 2 heterocycles. The van der Waals surface area contributed by atoms with E-state index in [0.29, 0.717) is 17.1 Å². The normalized spacial score (nSPS) is 10.7. The predicted molar refractivity (Wildman–Crippen MR) is 133 cm³/mol. The number of nitriles is 1. The van der Waals surface area contributed by atoms with Crippen molar-refractivity contribution in [1.82, 2.24) is 19.8 Å². The quantitative estimate of drug-likeness (QED) is 0.234. The number of hydrazone groups is 1. The van der Waals surface area contributed by atoms with Gasteiger partial charge in [0.1, 0.15) is 23.1 Å². The molecule has 0 bridgehead atoms. The lowest BCUT2D eigenvalue weighted by atomic mass is 10.1. The number of nitro groups is 1. The number of methoxy groups -OCH3 is 1. The third-order valence-corrected chi connectivity index (χ3v) is 5.46. The molecular formula is C25H19N7O5. The van der Waals surface area contributed by atoms with E-state index in [9.17, 15) is 25.0 Å². The maximum Gasteiger partial charge on any atom is 0.292 e. The van der Waals surface area contributed by atoms with Crippen LogP contribution in [-0.4, -0.2) is 38.5 Å². The van der Waals surface area contributed by atoms with Crippen LogP contribution < -0.4 is 15.7 Å². The lowest BCUT2D eigenvalue weighted by molar-refractivity contribution is -0.384. The van der Waals surface area contributed by atoms with Crippen LogP contribution in [0.15, 0.2) is 76.8 Å². The van der Waals surface area contributed by atoms with Crippen molar-refractivity contribution in [3.8, 4) is 23.2 Å². The SMILES string of the molecule is COc1ccccc1-n1nc(C(=O)N/N=C\c2cccn2-c2ccc([N+](=O)[O-])cc2)c(C)c(C#N)c1=O. The number of benzene rings is 2. The lowest BCUT2D eigenvalue weighted by Gasteiger charge is -2.13. The lowest BCUT2D eigenvalue weighted by Crippen LogP contribution is -2.31. The van der Waals surface area contributed by atoms with Gasteiger partial charge in [0.25, 0.3) is 17.2 Å². The van der Waals surface area contributed by atoms with Crippen LogP contribution in [0.3, 0.4) is 0 Å². The molecule has 0 saturated heterocycles. The van der Waals surface area contributed by atoms with Crippen LogP contribution in [0, 0.1) is 28.4 Å². The number of carbonyl (C=O) groups is 1. The summed E-state index contributed by atoms with van der Waals surface area (Å²) in [6, 6.07) is 17.9. The van der Waals surface area contributed by atoms with Crippen molar-refractivity contribution in [2.24, 2.45) is 5.10 Å². The molecule has 2 aromatic carbocycles. The van der Waals surface area contributed by atoms with Crippen LogP contribution in [0.5, 0.6) is 5.75 Å². The van der Waals surface area contributed by atoms with Gasteiger partial charge in [-0.1, -0.05) is 12.1 Å². The first-order chi connectivity index (χ1) is 17.8. The highest BCUT2D eigenvalue weighted by molar-refractivity contribution is 5.94. The molecule has 1 amide bonds. The van der Waals surface area contributed by atoms with E-state index in [0.717, 1.165) is 4.68 Å². The van der Waals surface area contributed by atoms with Crippen molar-refractivity contribution in [1.29, 1.82) is 5.26 Å². The second kappa shape index (κ2) is 10.4. The second-order valence-corrected chi connectivity index (χ2v) is 7.62. The maximum atomic E-state index is 13.0. The van der Waals surface area contributed by atoms with Gasteiger partial charge in [-0.05, 0) is 43.3 Å². The molecule has 0 unspecified atom stereocenters. The van der Waals surface area contributed by atoms with Crippen molar-refractivity contribution in [3.05, 3.63) is 110 Å². The molecule has 4 rings (SSSR count). The van der Waals surface area contributed by atoms with Gasteiger partial charge in [-0.3, -0.25) is 19.7 Å². The number of amides is 1. The highest BCUT2D eigenvalue weighted by Crippen LogP contribution is 2.21. The van der Waals surface area contributed by atoms with Crippen LogP contribution in [0.25, 0.3) is 11.4 Å². The number of ether oxygens (including phenoxy) is 1. The van der Waals surface area contributed by atoms with E-state index < -0.39 is 16.4 Å². The van der Waals surface area contributed by atoms with Crippen molar-refractivity contribution in [2.75, 3.05) is 7.11 Å². The number of nitro benzene ring substituents is 1. The Bertz CT molecular complexity index is 1630. The van der Waals surface area contributed by atoms with Gasteiger partial charge in [0, 0.05) is 29.6 Å². The Balaban J connectivity index is 1.63. The minimum atomic E-state index is -0.734. The van der Waals surface area contributed by atoms with Crippen molar-refractivity contribution >= 4 is 17.8 Å². The number of nitrogens with one attached hydrogen (secondary N) is 1. The molecule has 1 N–H and O–H groups in total. The fourth-order valence-electron chi connectivity index (χ4n) is 3.60. The molecule has 0 aliphatic heterocycles. The Morgan fingerprint density at radius 1 is 1.19 bits per heavy atom. The van der Waals surface area contributed by atoms with Gasteiger partial charge in [0.05, 0.1) is 23.9 Å². The molecular weight excluding hydrogens is 478 g/mol. The number of nitrogens with zero attached hydrogens (tertiary/aromatic N) is 6. The Morgan fingerprint density at radius 2 is 1.92 bits per heavy atom. The van der Waals surface area contributed by atoms with Gasteiger partial charge < -0.3 is 9.30 Å². The Morgan fingerprint density at radius 3 is 2.59 bits per heavy atom. The van der Waals surface area contributed by atoms with Crippen molar-refractivity contribution in [3.63, 3.8) is 0 Å². The topological polar surface area (TPSA) is 157 Å². The first-order valence-electron chi connectivity index (χ1n) is 10.8. The van der Waals surface area contributed by atoms with Crippen LogP contribution in [0.1, 0.15) is 27.3 Å². The number of para-hydroxylation sites is 2. The largest absolute Gasteiger partial charge is 0.494 e. The number of carbonyl (C=O) groups excluding carboxylic acids is 1. The first kappa shape index (κ1) is 24.6. The highest BCUT2D eigenvalue weighted by atomic mass is 16.6. The molecule has 0 radical (unpaired) electrons. The van der Waals surface area contributed by atoms with Crippen molar-refractivity contribution < 1.29 is 14.5 Å². The van der Waals surface area contributed by atoms with E-state index in [1.54, 1.807) is 59.3 Å². The Kier molecular flexibility index (Phi) is 6.88. The molecule has 0 aliphatic rings. The average Bonchev–Trinajstić information content (AvgIpc) is 3.37. The zero-order valence-corrected chi connectivity index (χ0v) is 19.7. The van der Waals surface area contributed by atoms with Crippen LogP contribution in [0.2, 0.25) is 0 Å².